The maximum atomic E-state index is 6.32. The van der Waals surface area contributed by atoms with Crippen LogP contribution < -0.4 is 10.5 Å². The van der Waals surface area contributed by atoms with Crippen molar-refractivity contribution in [3.8, 4) is 17.1 Å². The van der Waals surface area contributed by atoms with Crippen molar-refractivity contribution in [2.75, 3.05) is 12.8 Å². The van der Waals surface area contributed by atoms with E-state index in [2.05, 4.69) is 22.0 Å². The third-order valence-corrected chi connectivity index (χ3v) is 7.28. The second-order valence-corrected chi connectivity index (χ2v) is 9.45. The lowest BCUT2D eigenvalue weighted by atomic mass is 9.89. The van der Waals surface area contributed by atoms with Crippen LogP contribution in [0.3, 0.4) is 0 Å². The van der Waals surface area contributed by atoms with Crippen molar-refractivity contribution >= 4 is 39.1 Å². The predicted molar refractivity (Wildman–Crippen MR) is 119 cm³/mol. The molecule has 1 atom stereocenters. The zero-order valence-electron chi connectivity index (χ0n) is 16.7. The quantitative estimate of drug-likeness (QED) is 0.351. The first-order chi connectivity index (χ1) is 14.6. The predicted octanol–water partition coefficient (Wildman–Crippen LogP) is 4.75. The number of thiophene rings is 1. The van der Waals surface area contributed by atoms with Crippen LogP contribution >= 0.6 is 23.1 Å². The van der Waals surface area contributed by atoms with Crippen LogP contribution in [-0.2, 0) is 18.6 Å². The number of nitrogens with two attached hydrogens (primary N) is 1. The van der Waals surface area contributed by atoms with Gasteiger partial charge in [-0.15, -0.1) is 11.3 Å². The minimum Gasteiger partial charge on any atom is -0.496 e. The summed E-state index contributed by atoms with van der Waals surface area (Å²) in [5.74, 6) is 3.45. The Labute approximate surface area is 182 Å². The molecule has 0 aliphatic heterocycles. The Kier molecular flexibility index (Phi) is 5.08. The van der Waals surface area contributed by atoms with Gasteiger partial charge in [-0.1, -0.05) is 36.0 Å². The molecule has 3 heterocycles. The van der Waals surface area contributed by atoms with Gasteiger partial charge >= 0.3 is 0 Å². The largest absolute Gasteiger partial charge is 0.496 e. The van der Waals surface area contributed by atoms with Gasteiger partial charge in [-0.25, -0.2) is 9.97 Å². The van der Waals surface area contributed by atoms with Gasteiger partial charge in [0.1, 0.15) is 16.4 Å². The van der Waals surface area contributed by atoms with E-state index in [1.54, 1.807) is 18.4 Å². The first-order valence-corrected chi connectivity index (χ1v) is 11.6. The van der Waals surface area contributed by atoms with E-state index in [-0.39, 0.29) is 0 Å². The van der Waals surface area contributed by atoms with Gasteiger partial charge in [0.15, 0.2) is 5.16 Å². The van der Waals surface area contributed by atoms with Crippen molar-refractivity contribution in [2.24, 2.45) is 5.92 Å². The highest BCUT2D eigenvalue weighted by Crippen LogP contribution is 2.40. The zero-order chi connectivity index (χ0) is 20.7. The molecule has 0 amide bonds. The van der Waals surface area contributed by atoms with Gasteiger partial charge in [0, 0.05) is 4.88 Å². The summed E-state index contributed by atoms with van der Waals surface area (Å²) in [4.78, 5) is 16.2. The van der Waals surface area contributed by atoms with Crippen molar-refractivity contribution in [1.82, 2.24) is 20.1 Å². The molecule has 3 aromatic heterocycles. The molecule has 1 aliphatic rings. The molecule has 0 radical (unpaired) electrons. The molecule has 7 nitrogen and oxygen atoms in total. The van der Waals surface area contributed by atoms with Crippen molar-refractivity contribution in [1.29, 1.82) is 0 Å². The summed E-state index contributed by atoms with van der Waals surface area (Å²) < 4.78 is 10.8. The third kappa shape index (κ3) is 3.52. The smallest absolute Gasteiger partial charge is 0.237 e. The van der Waals surface area contributed by atoms with E-state index in [0.29, 0.717) is 40.1 Å². The fourth-order valence-corrected chi connectivity index (χ4v) is 5.93. The van der Waals surface area contributed by atoms with Gasteiger partial charge in [0.05, 0.1) is 23.8 Å². The standard InChI is InChI=1S/C21H21N5O2S2/c1-11-7-8-13-15(9-11)30-20-17(13)18(22)24-21(25-20)29-10-16-23-19(26-28-16)12-5-3-4-6-14(12)27-2/h3-6,11H,7-10H2,1-2H3,(H2,22,24,25). The molecule has 0 saturated carbocycles. The van der Waals surface area contributed by atoms with Crippen LogP contribution in [0.5, 0.6) is 5.75 Å². The molecule has 9 heteroatoms. The lowest BCUT2D eigenvalue weighted by Gasteiger charge is -2.17. The van der Waals surface area contributed by atoms with Crippen LogP contribution in [0.1, 0.15) is 29.7 Å². The molecule has 0 spiro atoms. The van der Waals surface area contributed by atoms with Crippen LogP contribution in [0.4, 0.5) is 5.82 Å². The molecular formula is C21H21N5O2S2. The lowest BCUT2D eigenvalue weighted by Crippen LogP contribution is -2.09. The number of rotatable bonds is 5. The van der Waals surface area contributed by atoms with Gasteiger partial charge < -0.3 is 15.0 Å². The fourth-order valence-electron chi connectivity index (χ4n) is 3.79. The van der Waals surface area contributed by atoms with E-state index < -0.39 is 0 Å². The Bertz CT molecular complexity index is 1220. The van der Waals surface area contributed by atoms with Crippen molar-refractivity contribution in [3.05, 3.63) is 40.6 Å². The van der Waals surface area contributed by atoms with E-state index in [1.807, 2.05) is 24.3 Å². The number of aryl methyl sites for hydroxylation is 1. The number of benzene rings is 1. The Morgan fingerprint density at radius 2 is 2.13 bits per heavy atom. The number of para-hydroxylation sites is 1. The maximum Gasteiger partial charge on any atom is 0.237 e. The molecule has 154 valence electrons. The topological polar surface area (TPSA) is 100.0 Å². The SMILES string of the molecule is COc1ccccc1-c1noc(CSc2nc(N)c3c4c(sc3n2)CC(C)CC4)n1. The van der Waals surface area contributed by atoms with Crippen LogP contribution in [-0.4, -0.2) is 27.2 Å². The highest BCUT2D eigenvalue weighted by molar-refractivity contribution is 7.98. The van der Waals surface area contributed by atoms with Crippen LogP contribution in [0.25, 0.3) is 21.6 Å². The van der Waals surface area contributed by atoms with Crippen LogP contribution in [0, 0.1) is 5.92 Å². The summed E-state index contributed by atoms with van der Waals surface area (Å²) in [6.45, 7) is 2.30. The number of hydrogen-bond donors (Lipinski definition) is 1. The number of thioether (sulfide) groups is 1. The number of ether oxygens (including phenoxy) is 1. The number of hydrogen-bond acceptors (Lipinski definition) is 9. The summed E-state index contributed by atoms with van der Waals surface area (Å²) in [6.07, 6.45) is 3.36. The average molecular weight is 440 g/mol. The van der Waals surface area contributed by atoms with Crippen LogP contribution in [0.15, 0.2) is 33.9 Å². The number of fused-ring (bicyclic) bond motifs is 3. The molecule has 0 fully saturated rings. The Morgan fingerprint density at radius 1 is 1.27 bits per heavy atom. The summed E-state index contributed by atoms with van der Waals surface area (Å²) in [5.41, 5.74) is 8.46. The van der Waals surface area contributed by atoms with Crippen LogP contribution in [0.2, 0.25) is 0 Å². The minimum absolute atomic E-state index is 0.467. The monoisotopic (exact) mass is 439 g/mol. The van der Waals surface area contributed by atoms with Crippen molar-refractivity contribution < 1.29 is 9.26 Å². The zero-order valence-corrected chi connectivity index (χ0v) is 18.3. The highest BCUT2D eigenvalue weighted by atomic mass is 32.2. The second kappa shape index (κ2) is 7.88. The normalized spacial score (nSPS) is 16.0. The average Bonchev–Trinajstić information content (AvgIpc) is 3.36. The van der Waals surface area contributed by atoms with Gasteiger partial charge in [0.2, 0.25) is 11.7 Å². The minimum atomic E-state index is 0.467. The first-order valence-electron chi connectivity index (χ1n) is 9.79. The molecule has 0 saturated heterocycles. The molecule has 2 N–H and O–H groups in total. The Hall–Kier alpha value is -2.65. The molecule has 5 rings (SSSR count). The van der Waals surface area contributed by atoms with E-state index in [4.69, 9.17) is 20.0 Å². The molecule has 30 heavy (non-hydrogen) atoms. The number of aromatic nitrogens is 4. The first kappa shape index (κ1) is 19.3. The lowest BCUT2D eigenvalue weighted by molar-refractivity contribution is 0.390. The highest BCUT2D eigenvalue weighted by Gasteiger charge is 2.23. The van der Waals surface area contributed by atoms with Gasteiger partial charge in [-0.2, -0.15) is 4.98 Å². The summed E-state index contributed by atoms with van der Waals surface area (Å²) in [5, 5.41) is 5.76. The molecule has 1 unspecified atom stereocenters. The number of nitrogens with zero attached hydrogens (tertiary/aromatic N) is 4. The van der Waals surface area contributed by atoms with E-state index in [9.17, 15) is 0 Å². The second-order valence-electron chi connectivity index (χ2n) is 7.42. The molecule has 1 aromatic carbocycles. The molecule has 0 bridgehead atoms. The van der Waals surface area contributed by atoms with Gasteiger partial charge in [-0.05, 0) is 42.9 Å². The van der Waals surface area contributed by atoms with Crippen molar-refractivity contribution in [2.45, 2.75) is 37.1 Å². The summed E-state index contributed by atoms with van der Waals surface area (Å²) in [6, 6.07) is 7.58. The van der Waals surface area contributed by atoms with Crippen molar-refractivity contribution in [3.63, 3.8) is 0 Å². The number of anilines is 1. The summed E-state index contributed by atoms with van der Waals surface area (Å²) in [7, 11) is 1.62. The molecule has 1 aliphatic carbocycles. The number of methoxy groups -OCH3 is 1. The maximum absolute atomic E-state index is 6.32. The number of nitrogen functional groups attached to an aromatic ring is 1. The van der Waals surface area contributed by atoms with E-state index in [0.717, 1.165) is 28.6 Å². The van der Waals surface area contributed by atoms with Gasteiger partial charge in [0.25, 0.3) is 0 Å². The molecule has 4 aromatic rings. The van der Waals surface area contributed by atoms with Gasteiger partial charge in [-0.3, -0.25) is 0 Å². The fraction of sp³-hybridized carbons (Fsp3) is 0.333. The van der Waals surface area contributed by atoms with E-state index >= 15 is 0 Å². The Morgan fingerprint density at radius 3 is 3.00 bits per heavy atom. The van der Waals surface area contributed by atoms with E-state index in [1.165, 1.54) is 28.6 Å². The Balaban J connectivity index is 1.36. The summed E-state index contributed by atoms with van der Waals surface area (Å²) >= 11 is 3.19. The third-order valence-electron chi connectivity index (χ3n) is 5.30. The molecular weight excluding hydrogens is 418 g/mol.